The highest BCUT2D eigenvalue weighted by Crippen LogP contribution is 2.48. The van der Waals surface area contributed by atoms with E-state index >= 15 is 0 Å². The number of halogens is 6. The van der Waals surface area contributed by atoms with Crippen LogP contribution < -0.4 is 0 Å². The van der Waals surface area contributed by atoms with Crippen molar-refractivity contribution in [2.45, 2.75) is 23.4 Å². The Balaban J connectivity index is 2.60. The van der Waals surface area contributed by atoms with Gasteiger partial charge in [0.15, 0.2) is 0 Å². The summed E-state index contributed by atoms with van der Waals surface area (Å²) in [5.74, 6) is 0. The predicted octanol–water partition coefficient (Wildman–Crippen LogP) is 3.57. The molecule has 2 rings (SSSR count). The van der Waals surface area contributed by atoms with Crippen LogP contribution >= 0.6 is 0 Å². The monoisotopic (exact) mass is 297 g/mol. The van der Waals surface area contributed by atoms with E-state index < -0.39 is 29.1 Å². The molecule has 2 heterocycles. The van der Waals surface area contributed by atoms with Crippen LogP contribution in [0.1, 0.15) is 0 Å². The van der Waals surface area contributed by atoms with Crippen molar-refractivity contribution in [1.29, 1.82) is 5.41 Å². The fourth-order valence-electron chi connectivity index (χ4n) is 1.74. The third-order valence-electron chi connectivity index (χ3n) is 2.82. The molecule has 0 aliphatic carbocycles. The summed E-state index contributed by atoms with van der Waals surface area (Å²) in [7, 11) is 0. The zero-order chi connectivity index (χ0) is 15.2. The topological polar surface area (TPSA) is 73.3 Å². The quantitative estimate of drug-likeness (QED) is 0.598. The molecule has 0 spiro atoms. The van der Waals surface area contributed by atoms with Crippen LogP contribution in [0.5, 0.6) is 0 Å². The molecule has 108 valence electrons. The van der Waals surface area contributed by atoms with Gasteiger partial charge in [0.05, 0.1) is 5.71 Å². The van der Waals surface area contributed by atoms with Crippen LogP contribution in [0.25, 0.3) is 0 Å². The zero-order valence-corrected chi connectivity index (χ0v) is 9.37. The van der Waals surface area contributed by atoms with Crippen LogP contribution in [0, 0.1) is 5.41 Å². The minimum absolute atomic E-state index is 0.282. The second-order valence-electron chi connectivity index (χ2n) is 3.97. The maximum atomic E-state index is 13.1. The molecular formula is C9H5F6N5. The van der Waals surface area contributed by atoms with E-state index in [0.717, 1.165) is 0 Å². The molecule has 0 amide bonds. The van der Waals surface area contributed by atoms with Gasteiger partial charge < -0.3 is 5.41 Å². The van der Waals surface area contributed by atoms with Gasteiger partial charge in [0, 0.05) is 12.4 Å². The van der Waals surface area contributed by atoms with E-state index in [2.05, 4.69) is 20.5 Å². The van der Waals surface area contributed by atoms with Crippen molar-refractivity contribution in [1.82, 2.24) is 0 Å². The van der Waals surface area contributed by atoms with Gasteiger partial charge in [0.2, 0.25) is 11.1 Å². The number of nitrogens with zero attached hydrogens (tertiary/aromatic N) is 4. The zero-order valence-electron chi connectivity index (χ0n) is 9.37. The van der Waals surface area contributed by atoms with Crippen molar-refractivity contribution < 1.29 is 26.3 Å². The molecular weight excluding hydrogens is 292 g/mol. The summed E-state index contributed by atoms with van der Waals surface area (Å²) in [5, 5.41) is 18.8. The number of rotatable bonds is 2. The van der Waals surface area contributed by atoms with E-state index in [1.807, 2.05) is 0 Å². The first-order valence-electron chi connectivity index (χ1n) is 4.99. The van der Waals surface area contributed by atoms with Crippen molar-refractivity contribution in [3.05, 3.63) is 24.6 Å². The van der Waals surface area contributed by atoms with Gasteiger partial charge in [-0.15, -0.1) is 0 Å². The average molecular weight is 297 g/mol. The van der Waals surface area contributed by atoms with Crippen LogP contribution in [-0.2, 0) is 0 Å². The Morgan fingerprint density at radius 3 is 1.35 bits per heavy atom. The fourth-order valence-corrected chi connectivity index (χ4v) is 1.74. The van der Waals surface area contributed by atoms with Gasteiger partial charge in [-0.3, -0.25) is 0 Å². The number of hydrogen-bond acceptors (Lipinski definition) is 5. The molecule has 11 heteroatoms. The summed E-state index contributed by atoms with van der Waals surface area (Å²) in [6, 6.07) is 0. The van der Waals surface area contributed by atoms with Gasteiger partial charge >= 0.3 is 12.4 Å². The van der Waals surface area contributed by atoms with E-state index in [-0.39, 0.29) is 12.2 Å². The lowest BCUT2D eigenvalue weighted by atomic mass is 9.79. The molecule has 2 unspecified atom stereocenters. The summed E-state index contributed by atoms with van der Waals surface area (Å²) >= 11 is 0. The molecule has 2 aliphatic rings. The molecule has 0 aromatic carbocycles. The molecule has 20 heavy (non-hydrogen) atoms. The molecule has 0 saturated carbocycles. The summed E-state index contributed by atoms with van der Waals surface area (Å²) in [4.78, 5) is 0. The van der Waals surface area contributed by atoms with Crippen molar-refractivity contribution in [3.63, 3.8) is 0 Å². The summed E-state index contributed by atoms with van der Waals surface area (Å²) in [6.45, 7) is 0. The second-order valence-corrected chi connectivity index (χ2v) is 3.97. The summed E-state index contributed by atoms with van der Waals surface area (Å²) in [6.07, 6.45) is -8.78. The highest BCUT2D eigenvalue weighted by molar-refractivity contribution is 6.04. The van der Waals surface area contributed by atoms with E-state index in [4.69, 9.17) is 5.41 Å². The Hall–Kier alpha value is -2.07. The fraction of sp³-hybridized carbons (Fsp3) is 0.444. The molecule has 0 saturated heterocycles. The minimum atomic E-state index is -5.26. The lowest BCUT2D eigenvalue weighted by Gasteiger charge is -2.34. The van der Waals surface area contributed by atoms with Gasteiger partial charge in [-0.25, -0.2) is 0 Å². The molecule has 1 N–H and O–H groups in total. The number of hydrogen-bond donors (Lipinski definition) is 1. The van der Waals surface area contributed by atoms with Gasteiger partial charge in [-0.1, -0.05) is 0 Å². The SMILES string of the molecule is N=C(C1(C(F)(F)F)C=CN=N1)C1(C(F)(F)F)C=CN=N1. The van der Waals surface area contributed by atoms with Crippen molar-refractivity contribution in [2.75, 3.05) is 0 Å². The van der Waals surface area contributed by atoms with E-state index in [9.17, 15) is 26.3 Å². The van der Waals surface area contributed by atoms with Crippen molar-refractivity contribution in [3.8, 4) is 0 Å². The van der Waals surface area contributed by atoms with Gasteiger partial charge in [-0.05, 0) is 12.2 Å². The molecule has 2 aliphatic heterocycles. The van der Waals surface area contributed by atoms with Gasteiger partial charge in [0.25, 0.3) is 0 Å². The molecule has 0 aromatic heterocycles. The Morgan fingerprint density at radius 2 is 1.15 bits per heavy atom. The van der Waals surface area contributed by atoms with Gasteiger partial charge in [0.1, 0.15) is 0 Å². The third kappa shape index (κ3) is 1.68. The van der Waals surface area contributed by atoms with Crippen LogP contribution in [0.3, 0.4) is 0 Å². The molecule has 0 radical (unpaired) electrons. The first kappa shape index (κ1) is 14.3. The normalized spacial score (nSPS) is 32.3. The highest BCUT2D eigenvalue weighted by atomic mass is 19.4. The highest BCUT2D eigenvalue weighted by Gasteiger charge is 2.70. The smallest absolute Gasteiger partial charge is 0.303 e. The van der Waals surface area contributed by atoms with Crippen molar-refractivity contribution >= 4 is 5.71 Å². The standard InChI is InChI=1S/C9H5F6N5/c10-8(11,12)6(1-3-17-19-6)5(16)7(9(13,14)15)2-4-18-20-7/h1-4,16H. The minimum Gasteiger partial charge on any atom is -0.303 e. The molecule has 0 aromatic rings. The predicted molar refractivity (Wildman–Crippen MR) is 53.3 cm³/mol. The number of alkyl halides is 6. The Labute approximate surface area is 107 Å². The maximum absolute atomic E-state index is 13.1. The molecule has 0 fully saturated rings. The first-order valence-corrected chi connectivity index (χ1v) is 4.99. The van der Waals surface area contributed by atoms with Crippen LogP contribution in [-0.4, -0.2) is 29.1 Å². The van der Waals surface area contributed by atoms with Crippen LogP contribution in [0.15, 0.2) is 45.0 Å². The number of nitrogens with one attached hydrogen (secondary N) is 1. The van der Waals surface area contributed by atoms with E-state index in [0.29, 0.717) is 12.4 Å². The Morgan fingerprint density at radius 1 is 0.800 bits per heavy atom. The van der Waals surface area contributed by atoms with Crippen molar-refractivity contribution in [2.24, 2.45) is 20.5 Å². The molecule has 0 bridgehead atoms. The largest absolute Gasteiger partial charge is 0.424 e. The Kier molecular flexibility index (Phi) is 2.84. The summed E-state index contributed by atoms with van der Waals surface area (Å²) in [5.41, 5.74) is -8.80. The lowest BCUT2D eigenvalue weighted by Crippen LogP contribution is -2.60. The third-order valence-corrected chi connectivity index (χ3v) is 2.82. The van der Waals surface area contributed by atoms with Crippen LogP contribution in [0.2, 0.25) is 0 Å². The molecule has 5 nitrogen and oxygen atoms in total. The van der Waals surface area contributed by atoms with E-state index in [1.165, 1.54) is 0 Å². The summed E-state index contributed by atoms with van der Waals surface area (Å²) < 4.78 is 78.4. The first-order chi connectivity index (χ1) is 9.07. The van der Waals surface area contributed by atoms with Crippen LogP contribution in [0.4, 0.5) is 26.3 Å². The number of azo groups is 2. The average Bonchev–Trinajstić information content (AvgIpc) is 2.97. The maximum Gasteiger partial charge on any atom is 0.424 e. The Bertz CT molecular complexity index is 480. The lowest BCUT2D eigenvalue weighted by molar-refractivity contribution is -0.168. The van der Waals surface area contributed by atoms with Gasteiger partial charge in [-0.2, -0.15) is 46.8 Å². The molecule has 2 atom stereocenters. The second kappa shape index (κ2) is 3.96. The van der Waals surface area contributed by atoms with E-state index in [1.54, 1.807) is 0 Å².